The van der Waals surface area contributed by atoms with Gasteiger partial charge in [0, 0.05) is 23.6 Å². The van der Waals surface area contributed by atoms with Crippen molar-refractivity contribution in [2.45, 2.75) is 45.1 Å². The lowest BCUT2D eigenvalue weighted by Crippen LogP contribution is -2.17. The molecule has 29 heavy (non-hydrogen) atoms. The molecule has 0 spiro atoms. The van der Waals surface area contributed by atoms with Crippen molar-refractivity contribution in [2.75, 3.05) is 0 Å². The molecule has 1 fully saturated rings. The summed E-state index contributed by atoms with van der Waals surface area (Å²) in [6, 6.07) is 6.02. The van der Waals surface area contributed by atoms with Gasteiger partial charge in [-0.1, -0.05) is 13.3 Å². The monoisotopic (exact) mass is 394 g/mol. The summed E-state index contributed by atoms with van der Waals surface area (Å²) in [5.74, 6) is -0.711. The van der Waals surface area contributed by atoms with Gasteiger partial charge in [-0.15, -0.1) is 0 Å². The van der Waals surface area contributed by atoms with E-state index in [1.807, 2.05) is 10.6 Å². The maximum Gasteiger partial charge on any atom is 0.248 e. The third-order valence-electron chi connectivity index (χ3n) is 5.92. The number of fused-ring (bicyclic) bond motifs is 2. The standard InChI is InChI=1S/C22H20F2N4O/c1-2-12-8-9-25-22-19(12)27-21(13-4-3-5-13)28(22)11-14-10-17(29)26-20-15(14)6-7-16(23)18(20)24/h6-10,13H,2-5,11H2,1H3,(H,26,29). The van der Waals surface area contributed by atoms with Crippen LogP contribution in [0.4, 0.5) is 8.78 Å². The van der Waals surface area contributed by atoms with Crippen molar-refractivity contribution < 1.29 is 8.78 Å². The Hall–Kier alpha value is -3.09. The Morgan fingerprint density at radius 3 is 2.76 bits per heavy atom. The van der Waals surface area contributed by atoms with Crippen LogP contribution in [0.1, 0.15) is 49.1 Å². The fourth-order valence-electron chi connectivity index (χ4n) is 4.14. The van der Waals surface area contributed by atoms with Gasteiger partial charge in [0.15, 0.2) is 17.3 Å². The second-order valence-corrected chi connectivity index (χ2v) is 7.62. The van der Waals surface area contributed by atoms with E-state index in [0.29, 0.717) is 23.4 Å². The molecule has 1 aliphatic rings. The number of aromatic amines is 1. The van der Waals surface area contributed by atoms with Crippen LogP contribution in [0.25, 0.3) is 22.1 Å². The van der Waals surface area contributed by atoms with E-state index in [9.17, 15) is 13.6 Å². The van der Waals surface area contributed by atoms with E-state index in [0.717, 1.165) is 47.9 Å². The van der Waals surface area contributed by atoms with Crippen molar-refractivity contribution in [3.05, 3.63) is 69.4 Å². The van der Waals surface area contributed by atoms with Crippen LogP contribution in [0.3, 0.4) is 0 Å². The number of hydrogen-bond acceptors (Lipinski definition) is 3. The summed E-state index contributed by atoms with van der Waals surface area (Å²) >= 11 is 0. The Kier molecular flexibility index (Phi) is 4.19. The highest BCUT2D eigenvalue weighted by Gasteiger charge is 2.27. The minimum atomic E-state index is -1.04. The molecule has 0 radical (unpaired) electrons. The first-order valence-corrected chi connectivity index (χ1v) is 9.90. The number of pyridine rings is 2. The molecule has 1 N–H and O–H groups in total. The molecule has 1 saturated carbocycles. The minimum Gasteiger partial charge on any atom is -0.319 e. The van der Waals surface area contributed by atoms with Crippen molar-refractivity contribution in [3.63, 3.8) is 0 Å². The molecule has 0 aliphatic heterocycles. The normalized spacial score (nSPS) is 14.6. The van der Waals surface area contributed by atoms with Gasteiger partial charge in [-0.05, 0) is 48.6 Å². The van der Waals surface area contributed by atoms with Gasteiger partial charge in [-0.25, -0.2) is 18.7 Å². The summed E-state index contributed by atoms with van der Waals surface area (Å²) in [6.45, 7) is 2.41. The van der Waals surface area contributed by atoms with E-state index in [2.05, 4.69) is 16.9 Å². The molecule has 1 aliphatic carbocycles. The molecule has 3 heterocycles. The molecule has 0 bridgehead atoms. The van der Waals surface area contributed by atoms with Crippen LogP contribution in [0.2, 0.25) is 0 Å². The van der Waals surface area contributed by atoms with E-state index in [1.165, 1.54) is 18.6 Å². The predicted molar refractivity (Wildman–Crippen MR) is 107 cm³/mol. The average molecular weight is 394 g/mol. The van der Waals surface area contributed by atoms with Gasteiger partial charge in [-0.2, -0.15) is 0 Å². The molecule has 5 nitrogen and oxygen atoms in total. The fourth-order valence-corrected chi connectivity index (χ4v) is 4.14. The molecule has 0 saturated heterocycles. The molecular formula is C22H20F2N4O. The van der Waals surface area contributed by atoms with Crippen molar-refractivity contribution in [1.82, 2.24) is 19.5 Å². The van der Waals surface area contributed by atoms with Crippen molar-refractivity contribution in [2.24, 2.45) is 0 Å². The van der Waals surface area contributed by atoms with Crippen LogP contribution in [0.5, 0.6) is 0 Å². The number of halogens is 2. The van der Waals surface area contributed by atoms with E-state index >= 15 is 0 Å². The lowest BCUT2D eigenvalue weighted by molar-refractivity contribution is 0.391. The summed E-state index contributed by atoms with van der Waals surface area (Å²) < 4.78 is 30.0. The minimum absolute atomic E-state index is 0.107. The van der Waals surface area contributed by atoms with Gasteiger partial charge in [0.2, 0.25) is 5.56 Å². The Labute approximate surface area is 165 Å². The molecule has 0 unspecified atom stereocenters. The smallest absolute Gasteiger partial charge is 0.248 e. The summed E-state index contributed by atoms with van der Waals surface area (Å²) in [6.07, 6.45) is 5.93. The second kappa shape index (κ2) is 6.76. The van der Waals surface area contributed by atoms with Crippen LogP contribution in [-0.2, 0) is 13.0 Å². The van der Waals surface area contributed by atoms with Crippen molar-refractivity contribution >= 4 is 22.1 Å². The lowest BCUT2D eigenvalue weighted by Gasteiger charge is -2.25. The lowest BCUT2D eigenvalue weighted by atomic mass is 9.85. The summed E-state index contributed by atoms with van der Waals surface area (Å²) in [4.78, 5) is 24.1. The topological polar surface area (TPSA) is 63.6 Å². The van der Waals surface area contributed by atoms with E-state index < -0.39 is 17.2 Å². The average Bonchev–Trinajstić information content (AvgIpc) is 3.01. The first kappa shape index (κ1) is 18.0. The first-order valence-electron chi connectivity index (χ1n) is 9.90. The number of benzene rings is 1. The van der Waals surface area contributed by atoms with Gasteiger partial charge in [-0.3, -0.25) is 4.79 Å². The molecule has 5 rings (SSSR count). The molecule has 1 aromatic carbocycles. The van der Waals surface area contributed by atoms with Crippen LogP contribution in [0.15, 0.2) is 35.3 Å². The van der Waals surface area contributed by atoms with Crippen LogP contribution in [0, 0.1) is 11.6 Å². The number of H-pyrrole nitrogens is 1. The summed E-state index contributed by atoms with van der Waals surface area (Å²) in [7, 11) is 0. The van der Waals surface area contributed by atoms with Crippen LogP contribution < -0.4 is 5.56 Å². The second-order valence-electron chi connectivity index (χ2n) is 7.62. The molecular weight excluding hydrogens is 374 g/mol. The number of imidazole rings is 1. The molecule has 7 heteroatoms. The highest BCUT2D eigenvalue weighted by Crippen LogP contribution is 2.38. The first-order chi connectivity index (χ1) is 14.1. The largest absolute Gasteiger partial charge is 0.319 e. The Balaban J connectivity index is 1.73. The van der Waals surface area contributed by atoms with Crippen LogP contribution >= 0.6 is 0 Å². The SMILES string of the molecule is CCc1ccnc2c1nc(C1CCC1)n2Cc1cc(=O)[nH]c2c(F)c(F)ccc12. The number of aromatic nitrogens is 4. The number of aryl methyl sites for hydroxylation is 1. The molecule has 0 atom stereocenters. The van der Waals surface area contributed by atoms with Gasteiger partial charge in [0.25, 0.3) is 0 Å². The number of hydrogen-bond donors (Lipinski definition) is 1. The van der Waals surface area contributed by atoms with Gasteiger partial charge < -0.3 is 9.55 Å². The Bertz CT molecular complexity index is 1300. The Morgan fingerprint density at radius 1 is 1.21 bits per heavy atom. The van der Waals surface area contributed by atoms with Crippen LogP contribution in [-0.4, -0.2) is 19.5 Å². The van der Waals surface area contributed by atoms with Crippen molar-refractivity contribution in [1.29, 1.82) is 0 Å². The predicted octanol–water partition coefficient (Wildman–Crippen LogP) is 4.43. The van der Waals surface area contributed by atoms with Gasteiger partial charge in [0.05, 0.1) is 12.1 Å². The zero-order valence-electron chi connectivity index (χ0n) is 16.0. The number of rotatable bonds is 4. The van der Waals surface area contributed by atoms with Gasteiger partial charge >= 0.3 is 0 Å². The highest BCUT2D eigenvalue weighted by atomic mass is 19.2. The zero-order chi connectivity index (χ0) is 20.1. The van der Waals surface area contributed by atoms with E-state index in [-0.39, 0.29) is 5.52 Å². The Morgan fingerprint density at radius 2 is 2.03 bits per heavy atom. The van der Waals surface area contributed by atoms with E-state index in [4.69, 9.17) is 4.98 Å². The molecule has 0 amide bonds. The fraction of sp³-hybridized carbons (Fsp3) is 0.318. The third kappa shape index (κ3) is 2.84. The molecule has 4 aromatic rings. The summed E-state index contributed by atoms with van der Waals surface area (Å²) in [5, 5.41) is 0.483. The van der Waals surface area contributed by atoms with Crippen molar-refractivity contribution in [3.8, 4) is 0 Å². The third-order valence-corrected chi connectivity index (χ3v) is 5.92. The zero-order valence-corrected chi connectivity index (χ0v) is 16.0. The quantitative estimate of drug-likeness (QED) is 0.557. The number of nitrogens with zero attached hydrogens (tertiary/aromatic N) is 3. The maximum atomic E-state index is 14.3. The van der Waals surface area contributed by atoms with E-state index in [1.54, 1.807) is 6.20 Å². The maximum absolute atomic E-state index is 14.3. The molecule has 148 valence electrons. The summed E-state index contributed by atoms with van der Waals surface area (Å²) in [5.41, 5.74) is 2.81. The van der Waals surface area contributed by atoms with Gasteiger partial charge in [0.1, 0.15) is 11.3 Å². The number of nitrogens with one attached hydrogen (secondary N) is 1. The highest BCUT2D eigenvalue weighted by molar-refractivity contribution is 5.83. The molecule has 3 aromatic heterocycles.